The van der Waals surface area contributed by atoms with Gasteiger partial charge >= 0.3 is 5.97 Å². The molecule has 0 saturated carbocycles. The number of unbranched alkanes of at least 4 members (excludes halogenated alkanes) is 1. The lowest BCUT2D eigenvalue weighted by atomic mass is 10.2. The van der Waals surface area contributed by atoms with Crippen molar-refractivity contribution in [2.75, 3.05) is 5.75 Å². The Balaban J connectivity index is 1.94. The Hall–Kier alpha value is -1.83. The zero-order chi connectivity index (χ0) is 14.4. The largest absolute Gasteiger partial charge is 0.481 e. The van der Waals surface area contributed by atoms with Gasteiger partial charge in [-0.3, -0.25) is 4.79 Å². The molecule has 0 fully saturated rings. The maximum atomic E-state index is 10.4. The van der Waals surface area contributed by atoms with Crippen molar-refractivity contribution in [3.05, 3.63) is 11.8 Å². The Morgan fingerprint density at radius 2 is 2.30 bits per heavy atom. The third-order valence-corrected chi connectivity index (χ3v) is 3.32. The second kappa shape index (κ2) is 7.09. The van der Waals surface area contributed by atoms with Crippen molar-refractivity contribution in [1.82, 2.24) is 15.4 Å². The molecule has 1 N–H and O–H groups in total. The van der Waals surface area contributed by atoms with Gasteiger partial charge in [0.15, 0.2) is 5.69 Å². The van der Waals surface area contributed by atoms with Gasteiger partial charge in [-0.2, -0.15) is 0 Å². The van der Waals surface area contributed by atoms with E-state index < -0.39 is 5.97 Å². The number of aryl methyl sites for hydroxylation is 1. The van der Waals surface area contributed by atoms with Crippen LogP contribution in [0.5, 0.6) is 0 Å². The number of aromatic nitrogens is 3. The van der Waals surface area contributed by atoms with Crippen LogP contribution in [0.15, 0.2) is 20.2 Å². The van der Waals surface area contributed by atoms with Crippen molar-refractivity contribution >= 4 is 17.7 Å². The summed E-state index contributed by atoms with van der Waals surface area (Å²) in [5, 5.41) is 20.5. The number of hydrogen-bond donors (Lipinski definition) is 1. The fraction of sp³-hybridized carbons (Fsp3) is 0.500. The van der Waals surface area contributed by atoms with Crippen LogP contribution >= 0.6 is 11.8 Å². The summed E-state index contributed by atoms with van der Waals surface area (Å²) in [6.45, 7) is 2.11. The second-order valence-electron chi connectivity index (χ2n) is 4.15. The molecule has 0 aliphatic heterocycles. The molecule has 2 aromatic heterocycles. The summed E-state index contributed by atoms with van der Waals surface area (Å²) in [5.41, 5.74) is 0.508. The number of rotatable bonds is 8. The number of thioether (sulfide) groups is 1. The van der Waals surface area contributed by atoms with Crippen molar-refractivity contribution in [2.24, 2.45) is 0 Å². The van der Waals surface area contributed by atoms with Crippen LogP contribution in [0.1, 0.15) is 31.9 Å². The van der Waals surface area contributed by atoms with E-state index >= 15 is 0 Å². The normalized spacial score (nSPS) is 10.8. The lowest BCUT2D eigenvalue weighted by Crippen LogP contribution is -1.95. The van der Waals surface area contributed by atoms with E-state index in [1.54, 1.807) is 6.07 Å². The van der Waals surface area contributed by atoms with Gasteiger partial charge in [-0.1, -0.05) is 30.3 Å². The fourth-order valence-electron chi connectivity index (χ4n) is 1.48. The van der Waals surface area contributed by atoms with E-state index in [1.807, 2.05) is 0 Å². The van der Waals surface area contributed by atoms with Gasteiger partial charge in [0.1, 0.15) is 5.76 Å². The maximum Gasteiger partial charge on any atom is 0.304 e. The van der Waals surface area contributed by atoms with Crippen LogP contribution in [0.25, 0.3) is 11.6 Å². The second-order valence-corrected chi connectivity index (χ2v) is 5.19. The summed E-state index contributed by atoms with van der Waals surface area (Å²) in [4.78, 5) is 10.4. The van der Waals surface area contributed by atoms with Gasteiger partial charge in [-0.15, -0.1) is 10.2 Å². The molecule has 0 radical (unpaired) electrons. The van der Waals surface area contributed by atoms with E-state index in [-0.39, 0.29) is 12.3 Å². The number of aliphatic carboxylic acids is 1. The SMILES string of the molecule is CCCCc1cc(-c2nnc(SCCC(=O)O)o2)no1. The number of hydrogen-bond acceptors (Lipinski definition) is 7. The molecule has 0 unspecified atom stereocenters. The summed E-state index contributed by atoms with van der Waals surface area (Å²) >= 11 is 1.21. The monoisotopic (exact) mass is 297 g/mol. The van der Waals surface area contributed by atoms with Gasteiger partial charge in [0, 0.05) is 18.2 Å². The van der Waals surface area contributed by atoms with E-state index in [0.717, 1.165) is 25.0 Å². The maximum absolute atomic E-state index is 10.4. The summed E-state index contributed by atoms with van der Waals surface area (Å²) in [6, 6.07) is 1.79. The molecule has 0 spiro atoms. The average molecular weight is 297 g/mol. The number of carbonyl (C=O) groups is 1. The topological polar surface area (TPSA) is 102 Å². The van der Waals surface area contributed by atoms with Crippen molar-refractivity contribution in [3.8, 4) is 11.6 Å². The van der Waals surface area contributed by atoms with Gasteiger partial charge in [-0.25, -0.2) is 0 Å². The van der Waals surface area contributed by atoms with Crippen LogP contribution in [0, 0.1) is 0 Å². The zero-order valence-corrected chi connectivity index (χ0v) is 11.9. The average Bonchev–Trinajstić information content (AvgIpc) is 3.04. The molecule has 2 rings (SSSR count). The highest BCUT2D eigenvalue weighted by atomic mass is 32.2. The molecule has 108 valence electrons. The van der Waals surface area contributed by atoms with Gasteiger partial charge in [-0.05, 0) is 6.42 Å². The Morgan fingerprint density at radius 1 is 1.45 bits per heavy atom. The molecule has 8 heteroatoms. The van der Waals surface area contributed by atoms with Crippen LogP contribution < -0.4 is 0 Å². The Kier molecular flexibility index (Phi) is 5.16. The molecule has 0 atom stereocenters. The zero-order valence-electron chi connectivity index (χ0n) is 11.0. The molecule has 0 amide bonds. The van der Waals surface area contributed by atoms with Crippen LogP contribution in [0.2, 0.25) is 0 Å². The molecule has 20 heavy (non-hydrogen) atoms. The summed E-state index contributed by atoms with van der Waals surface area (Å²) < 4.78 is 10.6. The standard InChI is InChI=1S/C12H15N3O4S/c1-2-3-4-8-7-9(15-19-8)11-13-14-12(18-11)20-6-5-10(16)17/h7H,2-6H2,1H3,(H,16,17). The minimum atomic E-state index is -0.852. The summed E-state index contributed by atoms with van der Waals surface area (Å²) in [7, 11) is 0. The van der Waals surface area contributed by atoms with Crippen LogP contribution in [-0.2, 0) is 11.2 Å². The molecule has 0 aliphatic rings. The highest BCUT2D eigenvalue weighted by Gasteiger charge is 2.14. The van der Waals surface area contributed by atoms with Crippen LogP contribution in [0.3, 0.4) is 0 Å². The van der Waals surface area contributed by atoms with E-state index in [1.165, 1.54) is 11.8 Å². The lowest BCUT2D eigenvalue weighted by Gasteiger charge is -1.91. The highest BCUT2D eigenvalue weighted by Crippen LogP contribution is 2.23. The number of carboxylic acids is 1. The number of nitrogens with zero attached hydrogens (tertiary/aromatic N) is 3. The third-order valence-electron chi connectivity index (χ3n) is 2.50. The molecule has 2 aromatic rings. The number of carboxylic acid groups (broad SMARTS) is 1. The molecule has 0 aromatic carbocycles. The Morgan fingerprint density at radius 3 is 3.05 bits per heavy atom. The first-order chi connectivity index (χ1) is 9.69. The lowest BCUT2D eigenvalue weighted by molar-refractivity contribution is -0.136. The first kappa shape index (κ1) is 14.6. The Bertz CT molecular complexity index is 567. The minimum absolute atomic E-state index is 0.0491. The Labute approximate surface area is 119 Å². The van der Waals surface area contributed by atoms with E-state index in [2.05, 4.69) is 22.3 Å². The van der Waals surface area contributed by atoms with Gasteiger partial charge in [0.25, 0.3) is 11.1 Å². The predicted octanol–water partition coefficient (Wildman–Crippen LogP) is 2.63. The van der Waals surface area contributed by atoms with Crippen molar-refractivity contribution in [3.63, 3.8) is 0 Å². The van der Waals surface area contributed by atoms with E-state index in [4.69, 9.17) is 14.0 Å². The highest BCUT2D eigenvalue weighted by molar-refractivity contribution is 7.99. The first-order valence-electron chi connectivity index (χ1n) is 6.33. The van der Waals surface area contributed by atoms with Gasteiger partial charge in [0.2, 0.25) is 0 Å². The van der Waals surface area contributed by atoms with Gasteiger partial charge in [0.05, 0.1) is 6.42 Å². The predicted molar refractivity (Wildman–Crippen MR) is 71.4 cm³/mol. The summed E-state index contributed by atoms with van der Waals surface area (Å²) in [6.07, 6.45) is 3.00. The molecule has 0 saturated heterocycles. The molecule has 0 aliphatic carbocycles. The molecular formula is C12H15N3O4S. The van der Waals surface area contributed by atoms with E-state index in [0.29, 0.717) is 16.7 Å². The van der Waals surface area contributed by atoms with E-state index in [9.17, 15) is 4.79 Å². The fourth-order valence-corrected chi connectivity index (χ4v) is 2.17. The van der Waals surface area contributed by atoms with Crippen molar-refractivity contribution < 1.29 is 18.8 Å². The minimum Gasteiger partial charge on any atom is -0.481 e. The first-order valence-corrected chi connectivity index (χ1v) is 7.31. The van der Waals surface area contributed by atoms with Crippen molar-refractivity contribution in [1.29, 1.82) is 0 Å². The quantitative estimate of drug-likeness (QED) is 0.742. The third kappa shape index (κ3) is 4.09. The van der Waals surface area contributed by atoms with Crippen LogP contribution in [-0.4, -0.2) is 32.2 Å². The molecule has 0 bridgehead atoms. The van der Waals surface area contributed by atoms with Crippen LogP contribution in [0.4, 0.5) is 0 Å². The van der Waals surface area contributed by atoms with Crippen molar-refractivity contribution in [2.45, 2.75) is 37.8 Å². The summed E-state index contributed by atoms with van der Waals surface area (Å²) in [5.74, 6) is 0.612. The smallest absolute Gasteiger partial charge is 0.304 e. The molecule has 7 nitrogen and oxygen atoms in total. The van der Waals surface area contributed by atoms with Gasteiger partial charge < -0.3 is 14.0 Å². The molecular weight excluding hydrogens is 282 g/mol. The molecule has 2 heterocycles.